The Morgan fingerprint density at radius 1 is 1.04 bits per heavy atom. The van der Waals surface area contributed by atoms with Gasteiger partial charge in [0.1, 0.15) is 5.75 Å². The fourth-order valence-corrected chi connectivity index (χ4v) is 2.15. The van der Waals surface area contributed by atoms with Gasteiger partial charge in [-0.3, -0.25) is 20.4 Å². The van der Waals surface area contributed by atoms with E-state index in [4.69, 9.17) is 16.3 Å². The van der Waals surface area contributed by atoms with Gasteiger partial charge in [-0.25, -0.2) is 0 Å². The molecular weight excluding hydrogens is 316 g/mol. The highest BCUT2D eigenvalue weighted by Crippen LogP contribution is 2.21. The molecule has 0 fully saturated rings. The zero-order valence-electron chi connectivity index (χ0n) is 12.6. The summed E-state index contributed by atoms with van der Waals surface area (Å²) in [6.45, 7) is 1.63. The van der Waals surface area contributed by atoms with Crippen molar-refractivity contribution in [2.24, 2.45) is 0 Å². The summed E-state index contributed by atoms with van der Waals surface area (Å²) >= 11 is 5.85. The van der Waals surface area contributed by atoms with Crippen molar-refractivity contribution in [1.82, 2.24) is 10.9 Å². The van der Waals surface area contributed by atoms with Gasteiger partial charge >= 0.3 is 0 Å². The highest BCUT2D eigenvalue weighted by molar-refractivity contribution is 6.30. The summed E-state index contributed by atoms with van der Waals surface area (Å²) < 4.78 is 5.38. The molecule has 0 aromatic heterocycles. The minimum Gasteiger partial charge on any atom is -0.483 e. The standard InChI is InChI=1S/C17H17ClN2O3/c1-12-9-14(18)7-8-15(12)23-11-17(22)20-19-16(21)10-13-5-3-2-4-6-13/h2-9H,10-11H2,1H3,(H,19,21)(H,20,22). The van der Waals surface area contributed by atoms with Crippen LogP contribution in [0.2, 0.25) is 5.02 Å². The second-order valence-corrected chi connectivity index (χ2v) is 5.39. The predicted octanol–water partition coefficient (Wildman–Crippen LogP) is 2.42. The summed E-state index contributed by atoms with van der Waals surface area (Å²) in [6, 6.07) is 14.4. The van der Waals surface area contributed by atoms with Crippen molar-refractivity contribution in [3.05, 3.63) is 64.7 Å². The van der Waals surface area contributed by atoms with E-state index < -0.39 is 5.91 Å². The van der Waals surface area contributed by atoms with Crippen LogP contribution in [-0.2, 0) is 16.0 Å². The zero-order chi connectivity index (χ0) is 16.7. The van der Waals surface area contributed by atoms with Gasteiger partial charge in [0.25, 0.3) is 5.91 Å². The lowest BCUT2D eigenvalue weighted by Gasteiger charge is -2.10. The molecule has 5 nitrogen and oxygen atoms in total. The Morgan fingerprint density at radius 3 is 2.43 bits per heavy atom. The van der Waals surface area contributed by atoms with Crippen LogP contribution in [0.3, 0.4) is 0 Å². The summed E-state index contributed by atoms with van der Waals surface area (Å²) in [6.07, 6.45) is 0.193. The molecule has 2 aromatic carbocycles. The second-order valence-electron chi connectivity index (χ2n) is 4.96. The minimum atomic E-state index is -0.444. The van der Waals surface area contributed by atoms with E-state index in [-0.39, 0.29) is 18.9 Å². The van der Waals surface area contributed by atoms with E-state index in [1.54, 1.807) is 18.2 Å². The van der Waals surface area contributed by atoms with Crippen LogP contribution in [0.5, 0.6) is 5.75 Å². The summed E-state index contributed by atoms with van der Waals surface area (Å²) in [5.74, 6) is -0.173. The van der Waals surface area contributed by atoms with Gasteiger partial charge in [-0.1, -0.05) is 41.9 Å². The average molecular weight is 333 g/mol. The van der Waals surface area contributed by atoms with Crippen molar-refractivity contribution in [3.8, 4) is 5.75 Å². The molecular formula is C17H17ClN2O3. The highest BCUT2D eigenvalue weighted by Gasteiger charge is 2.07. The van der Waals surface area contributed by atoms with Crippen LogP contribution < -0.4 is 15.6 Å². The maximum absolute atomic E-state index is 11.7. The van der Waals surface area contributed by atoms with Crippen LogP contribution in [0, 0.1) is 6.92 Å². The fraction of sp³-hybridized carbons (Fsp3) is 0.176. The van der Waals surface area contributed by atoms with Crippen LogP contribution >= 0.6 is 11.6 Å². The quantitative estimate of drug-likeness (QED) is 0.826. The lowest BCUT2D eigenvalue weighted by molar-refractivity contribution is -0.129. The Hall–Kier alpha value is -2.53. The SMILES string of the molecule is Cc1cc(Cl)ccc1OCC(=O)NNC(=O)Cc1ccccc1. The molecule has 0 saturated heterocycles. The Balaban J connectivity index is 1.73. The fourth-order valence-electron chi connectivity index (χ4n) is 1.92. The van der Waals surface area contributed by atoms with E-state index in [9.17, 15) is 9.59 Å². The van der Waals surface area contributed by atoms with Gasteiger partial charge in [0.2, 0.25) is 5.91 Å². The van der Waals surface area contributed by atoms with Crippen LogP contribution in [0.1, 0.15) is 11.1 Å². The molecule has 2 amide bonds. The number of aryl methyl sites for hydroxylation is 1. The molecule has 2 aromatic rings. The third-order valence-corrected chi connectivity index (χ3v) is 3.28. The van der Waals surface area contributed by atoms with Crippen LogP contribution in [0.15, 0.2) is 48.5 Å². The normalized spacial score (nSPS) is 10.0. The Bertz CT molecular complexity index is 689. The average Bonchev–Trinajstić information content (AvgIpc) is 2.53. The Morgan fingerprint density at radius 2 is 1.74 bits per heavy atom. The maximum Gasteiger partial charge on any atom is 0.276 e. The molecule has 2 rings (SSSR count). The van der Waals surface area contributed by atoms with Crippen molar-refractivity contribution in [2.45, 2.75) is 13.3 Å². The third-order valence-electron chi connectivity index (χ3n) is 3.04. The number of benzene rings is 2. The molecule has 0 heterocycles. The van der Waals surface area contributed by atoms with Gasteiger partial charge in [-0.2, -0.15) is 0 Å². The lowest BCUT2D eigenvalue weighted by Crippen LogP contribution is -2.44. The monoisotopic (exact) mass is 332 g/mol. The summed E-state index contributed by atoms with van der Waals surface area (Å²) in [5.41, 5.74) is 6.37. The van der Waals surface area contributed by atoms with E-state index in [1.165, 1.54) is 0 Å². The van der Waals surface area contributed by atoms with Crippen LogP contribution in [-0.4, -0.2) is 18.4 Å². The Labute approximate surface area is 139 Å². The van der Waals surface area contributed by atoms with Crippen molar-refractivity contribution in [1.29, 1.82) is 0 Å². The van der Waals surface area contributed by atoms with Crippen molar-refractivity contribution < 1.29 is 14.3 Å². The van der Waals surface area contributed by atoms with Crippen LogP contribution in [0.4, 0.5) is 0 Å². The first-order valence-corrected chi connectivity index (χ1v) is 7.43. The van der Waals surface area contributed by atoms with E-state index in [1.807, 2.05) is 37.3 Å². The number of carbonyl (C=O) groups excluding carboxylic acids is 2. The molecule has 0 unspecified atom stereocenters. The predicted molar refractivity (Wildman–Crippen MR) is 88.1 cm³/mol. The highest BCUT2D eigenvalue weighted by atomic mass is 35.5. The topological polar surface area (TPSA) is 67.4 Å². The van der Waals surface area contributed by atoms with Gasteiger partial charge in [0.15, 0.2) is 6.61 Å². The number of carbonyl (C=O) groups is 2. The number of hydrazine groups is 1. The smallest absolute Gasteiger partial charge is 0.276 e. The van der Waals surface area contributed by atoms with Gasteiger partial charge in [0.05, 0.1) is 6.42 Å². The molecule has 0 bridgehead atoms. The summed E-state index contributed by atoms with van der Waals surface area (Å²) in [7, 11) is 0. The van der Waals surface area contributed by atoms with Gasteiger partial charge in [-0.15, -0.1) is 0 Å². The van der Waals surface area contributed by atoms with Gasteiger partial charge in [-0.05, 0) is 36.2 Å². The van der Waals surface area contributed by atoms with E-state index in [0.717, 1.165) is 11.1 Å². The van der Waals surface area contributed by atoms with Crippen LogP contribution in [0.25, 0.3) is 0 Å². The number of amides is 2. The first-order valence-electron chi connectivity index (χ1n) is 7.05. The molecule has 0 aliphatic rings. The molecule has 23 heavy (non-hydrogen) atoms. The first kappa shape index (κ1) is 16.8. The molecule has 0 spiro atoms. The number of rotatable bonds is 5. The largest absolute Gasteiger partial charge is 0.483 e. The van der Waals surface area contributed by atoms with Crippen molar-refractivity contribution >= 4 is 23.4 Å². The number of nitrogens with one attached hydrogen (secondary N) is 2. The molecule has 6 heteroatoms. The molecule has 0 radical (unpaired) electrons. The van der Waals surface area contributed by atoms with E-state index in [2.05, 4.69) is 10.9 Å². The number of hydrogen-bond acceptors (Lipinski definition) is 3. The lowest BCUT2D eigenvalue weighted by atomic mass is 10.1. The molecule has 0 saturated carbocycles. The van der Waals surface area contributed by atoms with Crippen molar-refractivity contribution in [2.75, 3.05) is 6.61 Å². The number of hydrogen-bond donors (Lipinski definition) is 2. The van der Waals surface area contributed by atoms with Gasteiger partial charge in [0, 0.05) is 5.02 Å². The molecule has 0 aliphatic heterocycles. The summed E-state index contributed by atoms with van der Waals surface area (Å²) in [4.78, 5) is 23.4. The zero-order valence-corrected chi connectivity index (χ0v) is 13.4. The second kappa shape index (κ2) is 8.19. The number of ether oxygens (including phenoxy) is 1. The minimum absolute atomic E-state index is 0.193. The first-order chi connectivity index (χ1) is 11.0. The molecule has 2 N–H and O–H groups in total. The summed E-state index contributed by atoms with van der Waals surface area (Å²) in [5, 5.41) is 0.604. The molecule has 0 atom stereocenters. The van der Waals surface area contributed by atoms with Gasteiger partial charge < -0.3 is 4.74 Å². The maximum atomic E-state index is 11.7. The van der Waals surface area contributed by atoms with Crippen molar-refractivity contribution in [3.63, 3.8) is 0 Å². The molecule has 0 aliphatic carbocycles. The van der Waals surface area contributed by atoms with E-state index >= 15 is 0 Å². The third kappa shape index (κ3) is 5.64. The number of halogens is 1. The molecule has 120 valence electrons. The Kier molecular flexibility index (Phi) is 6.00. The van der Waals surface area contributed by atoms with E-state index in [0.29, 0.717) is 10.8 Å².